The molecule has 1 fully saturated rings. The zero-order valence-corrected chi connectivity index (χ0v) is 11.2. The second-order valence-electron chi connectivity index (χ2n) is 4.60. The van der Waals surface area contributed by atoms with Crippen molar-refractivity contribution in [2.24, 2.45) is 0 Å². The van der Waals surface area contributed by atoms with Crippen LogP contribution in [0.25, 0.3) is 0 Å². The van der Waals surface area contributed by atoms with Crippen molar-refractivity contribution in [3.8, 4) is 0 Å². The lowest BCUT2D eigenvalue weighted by Crippen LogP contribution is -2.50. The predicted molar refractivity (Wildman–Crippen MR) is 68.6 cm³/mol. The Hall–Kier alpha value is -1.63. The zero-order valence-electron chi connectivity index (χ0n) is 11.2. The summed E-state index contributed by atoms with van der Waals surface area (Å²) in [6, 6.07) is 0. The van der Waals surface area contributed by atoms with Gasteiger partial charge < -0.3 is 15.3 Å². The second-order valence-corrected chi connectivity index (χ2v) is 4.60. The number of aliphatic carboxylic acids is 1. The Morgan fingerprint density at radius 2 is 1.74 bits per heavy atom. The van der Waals surface area contributed by atoms with Crippen LogP contribution in [0.2, 0.25) is 0 Å². The lowest BCUT2D eigenvalue weighted by Gasteiger charge is -2.34. The van der Waals surface area contributed by atoms with Crippen LogP contribution < -0.4 is 5.32 Å². The Balaban J connectivity index is 2.19. The number of amides is 2. The summed E-state index contributed by atoms with van der Waals surface area (Å²) < 4.78 is 0. The van der Waals surface area contributed by atoms with E-state index >= 15 is 0 Å². The number of rotatable bonds is 6. The van der Waals surface area contributed by atoms with Gasteiger partial charge in [0.25, 0.3) is 0 Å². The largest absolute Gasteiger partial charge is 0.481 e. The molecule has 0 aliphatic carbocycles. The maximum Gasteiger partial charge on any atom is 0.303 e. The minimum atomic E-state index is -0.942. The maximum absolute atomic E-state index is 11.7. The first kappa shape index (κ1) is 15.4. The summed E-state index contributed by atoms with van der Waals surface area (Å²) in [7, 11) is 0. The molecule has 0 bridgehead atoms. The van der Waals surface area contributed by atoms with E-state index in [0.717, 1.165) is 19.6 Å². The van der Waals surface area contributed by atoms with Crippen molar-refractivity contribution < 1.29 is 19.5 Å². The van der Waals surface area contributed by atoms with Crippen molar-refractivity contribution in [2.75, 3.05) is 39.3 Å². The van der Waals surface area contributed by atoms with Gasteiger partial charge >= 0.3 is 5.97 Å². The third-order valence-corrected chi connectivity index (χ3v) is 3.08. The highest BCUT2D eigenvalue weighted by molar-refractivity contribution is 5.80. The molecule has 1 aliphatic rings. The molecule has 0 aromatic heterocycles. The molecule has 0 spiro atoms. The van der Waals surface area contributed by atoms with E-state index in [2.05, 4.69) is 10.2 Å². The zero-order chi connectivity index (χ0) is 14.3. The van der Waals surface area contributed by atoms with E-state index < -0.39 is 5.97 Å². The van der Waals surface area contributed by atoms with Crippen LogP contribution in [-0.4, -0.2) is 72.0 Å². The van der Waals surface area contributed by atoms with Gasteiger partial charge in [-0.25, -0.2) is 0 Å². The maximum atomic E-state index is 11.7. The number of carbonyl (C=O) groups is 3. The highest BCUT2D eigenvalue weighted by Crippen LogP contribution is 2.04. The van der Waals surface area contributed by atoms with E-state index in [4.69, 9.17) is 5.11 Å². The SMILES string of the molecule is CC(=O)NCCN1CCN(C(=O)CCC(=O)O)CC1. The summed E-state index contributed by atoms with van der Waals surface area (Å²) in [6.07, 6.45) is -0.0389. The van der Waals surface area contributed by atoms with Crippen LogP contribution in [0.3, 0.4) is 0 Å². The molecular formula is C12H21N3O4. The molecule has 108 valence electrons. The fourth-order valence-electron chi connectivity index (χ4n) is 1.98. The molecule has 0 unspecified atom stereocenters. The third kappa shape index (κ3) is 6.19. The molecule has 19 heavy (non-hydrogen) atoms. The summed E-state index contributed by atoms with van der Waals surface area (Å²) in [6.45, 7) is 5.64. The van der Waals surface area contributed by atoms with Crippen molar-refractivity contribution in [1.82, 2.24) is 15.1 Å². The van der Waals surface area contributed by atoms with E-state index in [1.807, 2.05) is 0 Å². The third-order valence-electron chi connectivity index (χ3n) is 3.08. The first-order valence-electron chi connectivity index (χ1n) is 6.45. The standard InChI is InChI=1S/C12H21N3O4/c1-10(16)13-4-5-14-6-8-15(9-7-14)11(17)2-3-12(18)19/h2-9H2,1H3,(H,13,16)(H,18,19). The fourth-order valence-corrected chi connectivity index (χ4v) is 1.98. The number of carboxylic acid groups (broad SMARTS) is 1. The molecule has 0 atom stereocenters. The van der Waals surface area contributed by atoms with E-state index in [9.17, 15) is 14.4 Å². The van der Waals surface area contributed by atoms with Crippen molar-refractivity contribution in [1.29, 1.82) is 0 Å². The number of carbonyl (C=O) groups excluding carboxylic acids is 2. The summed E-state index contributed by atoms with van der Waals surface area (Å²) in [4.78, 5) is 36.7. The summed E-state index contributed by atoms with van der Waals surface area (Å²) in [5.74, 6) is -1.08. The van der Waals surface area contributed by atoms with Gasteiger partial charge in [0, 0.05) is 52.6 Å². The molecule has 0 aromatic rings. The number of nitrogens with one attached hydrogen (secondary N) is 1. The Kier molecular flexibility index (Phi) is 6.27. The number of nitrogens with zero attached hydrogens (tertiary/aromatic N) is 2. The van der Waals surface area contributed by atoms with Crippen LogP contribution in [0.1, 0.15) is 19.8 Å². The van der Waals surface area contributed by atoms with Gasteiger partial charge in [0.05, 0.1) is 6.42 Å². The Morgan fingerprint density at radius 1 is 1.11 bits per heavy atom. The van der Waals surface area contributed by atoms with Crippen LogP contribution in [0.15, 0.2) is 0 Å². The predicted octanol–water partition coefficient (Wildman–Crippen LogP) is -0.868. The number of piperazine rings is 1. The molecule has 1 rings (SSSR count). The Morgan fingerprint density at radius 3 is 2.26 bits per heavy atom. The van der Waals surface area contributed by atoms with E-state index in [-0.39, 0.29) is 24.7 Å². The average Bonchev–Trinajstić information content (AvgIpc) is 2.36. The van der Waals surface area contributed by atoms with Crippen LogP contribution >= 0.6 is 0 Å². The average molecular weight is 271 g/mol. The van der Waals surface area contributed by atoms with Crippen LogP contribution in [-0.2, 0) is 14.4 Å². The van der Waals surface area contributed by atoms with Gasteiger partial charge in [-0.2, -0.15) is 0 Å². The smallest absolute Gasteiger partial charge is 0.303 e. The molecule has 0 radical (unpaired) electrons. The fraction of sp³-hybridized carbons (Fsp3) is 0.750. The lowest BCUT2D eigenvalue weighted by molar-refractivity contribution is -0.141. The molecule has 2 N–H and O–H groups in total. The summed E-state index contributed by atoms with van der Waals surface area (Å²) in [5, 5.41) is 11.3. The van der Waals surface area contributed by atoms with Crippen molar-refractivity contribution in [3.05, 3.63) is 0 Å². The Labute approximate surface area is 112 Å². The van der Waals surface area contributed by atoms with Crippen LogP contribution in [0, 0.1) is 0 Å². The van der Waals surface area contributed by atoms with Crippen molar-refractivity contribution in [2.45, 2.75) is 19.8 Å². The van der Waals surface area contributed by atoms with Gasteiger partial charge in [0.15, 0.2) is 0 Å². The molecular weight excluding hydrogens is 250 g/mol. The number of hydrogen-bond acceptors (Lipinski definition) is 4. The monoisotopic (exact) mass is 271 g/mol. The number of hydrogen-bond donors (Lipinski definition) is 2. The molecule has 2 amide bonds. The highest BCUT2D eigenvalue weighted by Gasteiger charge is 2.20. The first-order chi connectivity index (χ1) is 8.99. The van der Waals surface area contributed by atoms with Crippen molar-refractivity contribution >= 4 is 17.8 Å². The van der Waals surface area contributed by atoms with Gasteiger partial charge in [-0.05, 0) is 0 Å². The van der Waals surface area contributed by atoms with Crippen LogP contribution in [0.4, 0.5) is 0 Å². The molecule has 0 aromatic carbocycles. The number of carboxylic acids is 1. The van der Waals surface area contributed by atoms with Gasteiger partial charge in [0.2, 0.25) is 11.8 Å². The quantitative estimate of drug-likeness (QED) is 0.655. The lowest BCUT2D eigenvalue weighted by atomic mass is 10.2. The van der Waals surface area contributed by atoms with Gasteiger partial charge in [-0.3, -0.25) is 19.3 Å². The molecule has 1 saturated heterocycles. The van der Waals surface area contributed by atoms with E-state index in [1.54, 1.807) is 4.90 Å². The van der Waals surface area contributed by atoms with E-state index in [0.29, 0.717) is 19.6 Å². The molecule has 7 heteroatoms. The van der Waals surface area contributed by atoms with Crippen molar-refractivity contribution in [3.63, 3.8) is 0 Å². The molecule has 1 aliphatic heterocycles. The normalized spacial score (nSPS) is 16.2. The van der Waals surface area contributed by atoms with Gasteiger partial charge in [-0.1, -0.05) is 0 Å². The summed E-state index contributed by atoms with van der Waals surface area (Å²) in [5.41, 5.74) is 0. The molecule has 0 saturated carbocycles. The van der Waals surface area contributed by atoms with Gasteiger partial charge in [0.1, 0.15) is 0 Å². The topological polar surface area (TPSA) is 90.0 Å². The van der Waals surface area contributed by atoms with Gasteiger partial charge in [-0.15, -0.1) is 0 Å². The van der Waals surface area contributed by atoms with Crippen LogP contribution in [0.5, 0.6) is 0 Å². The Bertz CT molecular complexity index is 338. The van der Waals surface area contributed by atoms with E-state index in [1.165, 1.54) is 6.92 Å². The molecule has 1 heterocycles. The first-order valence-corrected chi connectivity index (χ1v) is 6.45. The minimum absolute atomic E-state index is 0.0394. The summed E-state index contributed by atoms with van der Waals surface area (Å²) >= 11 is 0. The second kappa shape index (κ2) is 7.73. The molecule has 7 nitrogen and oxygen atoms in total. The minimum Gasteiger partial charge on any atom is -0.481 e. The highest BCUT2D eigenvalue weighted by atomic mass is 16.4.